The number of nitrogens with one attached hydrogen (secondary N) is 2. The number of benzene rings is 3. The minimum absolute atomic E-state index is 0.0269. The number of fused-ring (bicyclic) bond motifs is 1. The Morgan fingerprint density at radius 1 is 0.871 bits per heavy atom. The number of carbonyl (C=O) groups is 2. The third kappa shape index (κ3) is 5.70. The second-order valence-electron chi connectivity index (χ2n) is 8.14. The second-order valence-corrected chi connectivity index (χ2v) is 8.14. The molecule has 1 saturated heterocycles. The van der Waals surface area contributed by atoms with Crippen LogP contribution in [0.25, 0.3) is 10.8 Å². The Kier molecular flexibility index (Phi) is 6.95. The summed E-state index contributed by atoms with van der Waals surface area (Å²) in [6.07, 6.45) is 2.13. The highest BCUT2D eigenvalue weighted by molar-refractivity contribution is 6.02. The molecule has 5 nitrogen and oxygen atoms in total. The summed E-state index contributed by atoms with van der Waals surface area (Å²) in [5.41, 5.74) is 1.97. The van der Waals surface area contributed by atoms with Gasteiger partial charge in [-0.15, -0.1) is 0 Å². The van der Waals surface area contributed by atoms with Crippen LogP contribution in [0, 0.1) is 5.92 Å². The van der Waals surface area contributed by atoms with Crippen molar-refractivity contribution in [2.45, 2.75) is 25.8 Å². The number of piperidine rings is 1. The topological polar surface area (TPSA) is 61.4 Å². The van der Waals surface area contributed by atoms with Crippen LogP contribution in [-0.2, 0) is 16.1 Å². The lowest BCUT2D eigenvalue weighted by Crippen LogP contribution is -2.41. The van der Waals surface area contributed by atoms with Gasteiger partial charge in [0.1, 0.15) is 0 Å². The van der Waals surface area contributed by atoms with Gasteiger partial charge in [-0.1, -0.05) is 66.7 Å². The minimum atomic E-state index is 0.0269. The van der Waals surface area contributed by atoms with Crippen molar-refractivity contribution in [2.75, 3.05) is 25.0 Å². The molecular weight excluding hydrogens is 386 g/mol. The van der Waals surface area contributed by atoms with Crippen LogP contribution in [0.15, 0.2) is 72.8 Å². The van der Waals surface area contributed by atoms with Crippen LogP contribution < -0.4 is 10.6 Å². The summed E-state index contributed by atoms with van der Waals surface area (Å²) in [7, 11) is 0. The maximum atomic E-state index is 12.5. The van der Waals surface area contributed by atoms with Gasteiger partial charge in [-0.05, 0) is 42.9 Å². The van der Waals surface area contributed by atoms with Crippen molar-refractivity contribution in [1.29, 1.82) is 0 Å². The molecule has 2 amide bonds. The van der Waals surface area contributed by atoms with Crippen molar-refractivity contribution in [3.8, 4) is 0 Å². The van der Waals surface area contributed by atoms with Crippen molar-refractivity contribution in [1.82, 2.24) is 10.2 Å². The number of carbonyl (C=O) groups excluding carboxylic acids is 2. The SMILES string of the molecule is O=C(CCN1CCC(C(=O)NCc2ccccc2)CC1)Nc1cccc2ccccc12. The number of rotatable bonds is 7. The third-order valence-corrected chi connectivity index (χ3v) is 5.99. The van der Waals surface area contributed by atoms with E-state index in [1.54, 1.807) is 0 Å². The van der Waals surface area contributed by atoms with Gasteiger partial charge in [0.25, 0.3) is 0 Å². The molecule has 0 aromatic heterocycles. The Balaban J connectivity index is 1.19. The van der Waals surface area contributed by atoms with E-state index in [2.05, 4.69) is 15.5 Å². The first-order chi connectivity index (χ1) is 15.2. The Morgan fingerprint density at radius 3 is 2.39 bits per heavy atom. The van der Waals surface area contributed by atoms with E-state index in [0.29, 0.717) is 13.0 Å². The zero-order valence-corrected chi connectivity index (χ0v) is 17.7. The fourth-order valence-corrected chi connectivity index (χ4v) is 4.15. The van der Waals surface area contributed by atoms with E-state index >= 15 is 0 Å². The average Bonchev–Trinajstić information content (AvgIpc) is 2.82. The molecule has 0 saturated carbocycles. The first-order valence-corrected chi connectivity index (χ1v) is 11.0. The third-order valence-electron chi connectivity index (χ3n) is 5.99. The molecule has 0 spiro atoms. The highest BCUT2D eigenvalue weighted by atomic mass is 16.2. The number of amides is 2. The van der Waals surface area contributed by atoms with Gasteiger partial charge in [-0.3, -0.25) is 9.59 Å². The maximum absolute atomic E-state index is 12.5. The van der Waals surface area contributed by atoms with Crippen LogP contribution in [0.1, 0.15) is 24.8 Å². The van der Waals surface area contributed by atoms with Crippen LogP contribution in [0.3, 0.4) is 0 Å². The largest absolute Gasteiger partial charge is 0.352 e. The predicted octanol–water partition coefficient (Wildman–Crippen LogP) is 4.20. The molecule has 1 heterocycles. The van der Waals surface area contributed by atoms with Gasteiger partial charge in [-0.2, -0.15) is 0 Å². The lowest BCUT2D eigenvalue weighted by Gasteiger charge is -2.31. The smallest absolute Gasteiger partial charge is 0.225 e. The van der Waals surface area contributed by atoms with Crippen LogP contribution in [-0.4, -0.2) is 36.3 Å². The zero-order valence-electron chi connectivity index (χ0n) is 17.7. The van der Waals surface area contributed by atoms with Gasteiger partial charge in [-0.25, -0.2) is 0 Å². The Hall–Kier alpha value is -3.18. The molecule has 0 unspecified atom stereocenters. The number of nitrogens with zero attached hydrogens (tertiary/aromatic N) is 1. The van der Waals surface area contributed by atoms with Crippen LogP contribution in [0.2, 0.25) is 0 Å². The molecular formula is C26H29N3O2. The van der Waals surface area contributed by atoms with Gasteiger partial charge in [0.2, 0.25) is 11.8 Å². The molecule has 0 radical (unpaired) electrons. The molecule has 0 aliphatic carbocycles. The normalized spacial score (nSPS) is 15.0. The number of hydrogen-bond donors (Lipinski definition) is 2. The van der Waals surface area contributed by atoms with E-state index in [1.807, 2.05) is 72.8 Å². The summed E-state index contributed by atoms with van der Waals surface area (Å²) < 4.78 is 0. The van der Waals surface area contributed by atoms with Gasteiger partial charge in [0.05, 0.1) is 0 Å². The molecule has 0 atom stereocenters. The summed E-state index contributed by atoms with van der Waals surface area (Å²) in [5.74, 6) is 0.223. The van der Waals surface area contributed by atoms with E-state index in [-0.39, 0.29) is 17.7 Å². The molecule has 1 aliphatic rings. The highest BCUT2D eigenvalue weighted by Gasteiger charge is 2.25. The maximum Gasteiger partial charge on any atom is 0.225 e. The second kappa shape index (κ2) is 10.2. The zero-order chi connectivity index (χ0) is 21.5. The molecule has 0 bridgehead atoms. The molecule has 5 heteroatoms. The summed E-state index contributed by atoms with van der Waals surface area (Å²) in [6, 6.07) is 24.0. The molecule has 3 aromatic rings. The van der Waals surface area contributed by atoms with Crippen LogP contribution in [0.5, 0.6) is 0 Å². The quantitative estimate of drug-likeness (QED) is 0.608. The Bertz CT molecular complexity index is 1020. The summed E-state index contributed by atoms with van der Waals surface area (Å²) in [4.78, 5) is 27.2. The molecule has 1 fully saturated rings. The fraction of sp³-hybridized carbons (Fsp3) is 0.308. The lowest BCUT2D eigenvalue weighted by atomic mass is 9.95. The highest BCUT2D eigenvalue weighted by Crippen LogP contribution is 2.23. The fourth-order valence-electron chi connectivity index (χ4n) is 4.15. The Morgan fingerprint density at radius 2 is 1.58 bits per heavy atom. The van der Waals surface area contributed by atoms with Gasteiger partial charge in [0.15, 0.2) is 0 Å². The molecule has 4 rings (SSSR count). The summed E-state index contributed by atoms with van der Waals surface area (Å²) in [6.45, 7) is 3.00. The van der Waals surface area contributed by atoms with Crippen molar-refractivity contribution >= 4 is 28.3 Å². The summed E-state index contributed by atoms with van der Waals surface area (Å²) in [5, 5.41) is 8.28. The van der Waals surface area contributed by atoms with Crippen molar-refractivity contribution in [3.63, 3.8) is 0 Å². The van der Waals surface area contributed by atoms with Gasteiger partial charge < -0.3 is 15.5 Å². The van der Waals surface area contributed by atoms with Crippen molar-refractivity contribution in [3.05, 3.63) is 78.4 Å². The van der Waals surface area contributed by atoms with Crippen LogP contribution in [0.4, 0.5) is 5.69 Å². The average molecular weight is 416 g/mol. The lowest BCUT2D eigenvalue weighted by molar-refractivity contribution is -0.126. The first kappa shape index (κ1) is 21.1. The summed E-state index contributed by atoms with van der Waals surface area (Å²) >= 11 is 0. The van der Waals surface area contributed by atoms with E-state index < -0.39 is 0 Å². The number of hydrogen-bond acceptors (Lipinski definition) is 3. The van der Waals surface area contributed by atoms with Gasteiger partial charge in [0, 0.05) is 36.5 Å². The molecule has 3 aromatic carbocycles. The van der Waals surface area contributed by atoms with Gasteiger partial charge >= 0.3 is 0 Å². The van der Waals surface area contributed by atoms with E-state index in [9.17, 15) is 9.59 Å². The minimum Gasteiger partial charge on any atom is -0.352 e. The van der Waals surface area contributed by atoms with Crippen molar-refractivity contribution in [2.24, 2.45) is 5.92 Å². The standard InChI is InChI=1S/C26H29N3O2/c30-25(28-24-12-6-10-21-9-4-5-11-23(21)24)15-18-29-16-13-22(14-17-29)26(31)27-19-20-7-2-1-3-8-20/h1-12,22H,13-19H2,(H,27,31)(H,28,30). The van der Waals surface area contributed by atoms with Crippen molar-refractivity contribution < 1.29 is 9.59 Å². The monoisotopic (exact) mass is 415 g/mol. The number of anilines is 1. The van der Waals surface area contributed by atoms with E-state index in [1.165, 1.54) is 0 Å². The van der Waals surface area contributed by atoms with E-state index in [4.69, 9.17) is 0 Å². The molecule has 31 heavy (non-hydrogen) atoms. The van der Waals surface area contributed by atoms with E-state index in [0.717, 1.165) is 54.5 Å². The molecule has 160 valence electrons. The number of likely N-dealkylation sites (tertiary alicyclic amines) is 1. The predicted molar refractivity (Wildman–Crippen MR) is 125 cm³/mol. The molecule has 1 aliphatic heterocycles. The first-order valence-electron chi connectivity index (χ1n) is 11.0. The molecule has 2 N–H and O–H groups in total. The Labute approximate surface area is 183 Å². The van der Waals surface area contributed by atoms with Crippen LogP contribution >= 0.6 is 0 Å².